The number of benzene rings is 1. The molecule has 3 heterocycles. The van der Waals surface area contributed by atoms with E-state index < -0.39 is 18.1 Å². The van der Waals surface area contributed by atoms with Crippen molar-refractivity contribution in [2.24, 2.45) is 11.7 Å². The fourth-order valence-electron chi connectivity index (χ4n) is 5.10. The second-order valence-electron chi connectivity index (χ2n) is 10.6. The first-order chi connectivity index (χ1) is 17.9. The minimum absolute atomic E-state index is 0.278. The third-order valence-corrected chi connectivity index (χ3v) is 7.26. The van der Waals surface area contributed by atoms with Crippen LogP contribution < -0.4 is 16.0 Å². The summed E-state index contributed by atoms with van der Waals surface area (Å²) < 4.78 is 40.7. The van der Waals surface area contributed by atoms with Gasteiger partial charge in [-0.2, -0.15) is 18.4 Å². The maximum atomic E-state index is 13.6. The number of likely N-dealkylation sites (tertiary alicyclic amines) is 1. The van der Waals surface area contributed by atoms with Gasteiger partial charge in [0.25, 0.3) is 0 Å². The number of nitrogens with one attached hydrogen (secondary N) is 1. The van der Waals surface area contributed by atoms with E-state index in [1.807, 2.05) is 12.1 Å². The highest BCUT2D eigenvalue weighted by Gasteiger charge is 2.37. The molecule has 0 aliphatic carbocycles. The summed E-state index contributed by atoms with van der Waals surface area (Å²) in [5.74, 6) is 0.0161. The molecule has 3 N–H and O–H groups in total. The predicted molar refractivity (Wildman–Crippen MR) is 140 cm³/mol. The van der Waals surface area contributed by atoms with Gasteiger partial charge >= 0.3 is 6.18 Å². The zero-order chi connectivity index (χ0) is 27.5. The molecule has 0 spiro atoms. The minimum atomic E-state index is -4.37. The third-order valence-electron chi connectivity index (χ3n) is 7.26. The summed E-state index contributed by atoms with van der Waals surface area (Å²) in [7, 11) is 0. The average molecular weight is 527 g/mol. The summed E-state index contributed by atoms with van der Waals surface area (Å²) in [6.07, 6.45) is 1.35. The first-order valence-electron chi connectivity index (χ1n) is 12.7. The molecule has 1 aromatic carbocycles. The van der Waals surface area contributed by atoms with Crippen LogP contribution in [0, 0.1) is 17.2 Å². The Bertz CT molecular complexity index is 1220. The van der Waals surface area contributed by atoms with Gasteiger partial charge in [-0.15, -0.1) is 0 Å². The van der Waals surface area contributed by atoms with E-state index in [9.17, 15) is 23.2 Å². The highest BCUT2D eigenvalue weighted by molar-refractivity contribution is 5.74. The van der Waals surface area contributed by atoms with Gasteiger partial charge in [0.15, 0.2) is 0 Å². The molecule has 2 aromatic rings. The zero-order valence-corrected chi connectivity index (χ0v) is 21.7. The third kappa shape index (κ3) is 6.64. The Hall–Kier alpha value is -3.58. The fourth-order valence-corrected chi connectivity index (χ4v) is 5.10. The Labute approximate surface area is 221 Å². The van der Waals surface area contributed by atoms with Gasteiger partial charge in [-0.05, 0) is 75.0 Å². The number of alkyl halides is 3. The number of rotatable bonds is 8. The van der Waals surface area contributed by atoms with Crippen molar-refractivity contribution in [2.75, 3.05) is 29.9 Å². The van der Waals surface area contributed by atoms with Gasteiger partial charge < -0.3 is 16.0 Å². The van der Waals surface area contributed by atoms with E-state index >= 15 is 0 Å². The van der Waals surface area contributed by atoms with E-state index in [4.69, 9.17) is 5.73 Å². The smallest absolute Gasteiger partial charge is 0.370 e. The number of anilines is 2. The topological polar surface area (TPSA) is 98.3 Å². The van der Waals surface area contributed by atoms with Crippen molar-refractivity contribution in [3.63, 3.8) is 0 Å². The molecule has 1 fully saturated rings. The minimum Gasteiger partial charge on any atom is -0.370 e. The summed E-state index contributed by atoms with van der Waals surface area (Å²) in [5, 5.41) is 12.4. The lowest BCUT2D eigenvalue weighted by molar-refractivity contribution is -0.119. The van der Waals surface area contributed by atoms with Crippen molar-refractivity contribution in [3.8, 4) is 6.07 Å². The van der Waals surface area contributed by atoms with Crippen molar-refractivity contribution in [1.82, 2.24) is 9.88 Å². The van der Waals surface area contributed by atoms with Gasteiger partial charge in [-0.3, -0.25) is 14.7 Å². The molecule has 202 valence electrons. The number of carbonyl (C=O) groups is 1. The van der Waals surface area contributed by atoms with Crippen molar-refractivity contribution < 1.29 is 18.0 Å². The number of primary amides is 1. The van der Waals surface area contributed by atoms with Crippen LogP contribution in [0.3, 0.4) is 0 Å². The number of aromatic nitrogens is 1. The number of nitriles is 1. The number of hydrogen-bond donors (Lipinski definition) is 2. The van der Waals surface area contributed by atoms with Crippen molar-refractivity contribution in [2.45, 2.75) is 57.7 Å². The van der Waals surface area contributed by atoms with E-state index in [2.05, 4.69) is 21.3 Å². The molecule has 0 unspecified atom stereocenters. The number of piperidine rings is 1. The number of fused-ring (bicyclic) bond motifs is 1. The van der Waals surface area contributed by atoms with Gasteiger partial charge in [0.05, 0.1) is 29.1 Å². The molecular formula is C28H33F3N6O. The zero-order valence-electron chi connectivity index (χ0n) is 21.7. The highest BCUT2D eigenvalue weighted by atomic mass is 19.4. The average Bonchev–Trinajstić information content (AvgIpc) is 3.20. The van der Waals surface area contributed by atoms with Gasteiger partial charge in [-0.25, -0.2) is 0 Å². The molecule has 0 atom stereocenters. The number of nitrogens with zero attached hydrogens (tertiary/aromatic N) is 4. The highest BCUT2D eigenvalue weighted by Crippen LogP contribution is 2.39. The van der Waals surface area contributed by atoms with Crippen LogP contribution in [0.4, 0.5) is 24.5 Å². The Morgan fingerprint density at radius 2 is 1.97 bits per heavy atom. The molecule has 2 aliphatic heterocycles. The molecule has 2 aliphatic rings. The molecule has 1 aromatic heterocycles. The predicted octanol–water partition coefficient (Wildman–Crippen LogP) is 4.85. The van der Waals surface area contributed by atoms with Crippen LogP contribution in [0.2, 0.25) is 0 Å². The number of hydrogen-bond acceptors (Lipinski definition) is 6. The SMILES string of the molecule is CC(C)(C#N)c1ccc(N/C=C2\Cc3c(CN4CCC(CC(N)=O)CC4)cccc3N2CC(F)(F)F)cn1. The van der Waals surface area contributed by atoms with E-state index in [-0.39, 0.29) is 5.91 Å². The van der Waals surface area contributed by atoms with E-state index in [1.54, 1.807) is 44.4 Å². The van der Waals surface area contributed by atoms with Crippen molar-refractivity contribution in [1.29, 1.82) is 5.26 Å². The maximum Gasteiger partial charge on any atom is 0.406 e. The first-order valence-corrected chi connectivity index (χ1v) is 12.7. The van der Waals surface area contributed by atoms with Gasteiger partial charge in [-0.1, -0.05) is 12.1 Å². The molecular weight excluding hydrogens is 493 g/mol. The summed E-state index contributed by atoms with van der Waals surface area (Å²) >= 11 is 0. The van der Waals surface area contributed by atoms with Gasteiger partial charge in [0.1, 0.15) is 6.54 Å². The lowest BCUT2D eigenvalue weighted by atomic mass is 9.91. The van der Waals surface area contributed by atoms with Crippen LogP contribution >= 0.6 is 0 Å². The number of pyridine rings is 1. The summed E-state index contributed by atoms with van der Waals surface area (Å²) in [6, 6.07) is 11.2. The molecule has 0 bridgehead atoms. The molecule has 1 saturated heterocycles. The quantitative estimate of drug-likeness (QED) is 0.511. The Balaban J connectivity index is 1.52. The van der Waals surface area contributed by atoms with Crippen LogP contribution in [-0.2, 0) is 23.2 Å². The van der Waals surface area contributed by atoms with E-state index in [1.165, 1.54) is 4.90 Å². The summed E-state index contributed by atoms with van der Waals surface area (Å²) in [6.45, 7) is 4.76. The van der Waals surface area contributed by atoms with Crippen molar-refractivity contribution in [3.05, 3.63) is 65.2 Å². The van der Waals surface area contributed by atoms with Crippen LogP contribution in [-0.4, -0.2) is 41.6 Å². The maximum absolute atomic E-state index is 13.6. The number of carbonyl (C=O) groups excluding carboxylic acids is 1. The fraction of sp³-hybridized carbons (Fsp3) is 0.464. The second kappa shape index (κ2) is 11.0. The number of amides is 1. The summed E-state index contributed by atoms with van der Waals surface area (Å²) in [5.41, 5.74) is 8.84. The number of nitrogens with two attached hydrogens (primary N) is 1. The summed E-state index contributed by atoms with van der Waals surface area (Å²) in [4.78, 5) is 19.2. The molecule has 0 radical (unpaired) electrons. The number of halogens is 3. The first kappa shape index (κ1) is 27.5. The van der Waals surface area contributed by atoms with Gasteiger partial charge in [0.2, 0.25) is 5.91 Å². The molecule has 1 amide bonds. The largest absolute Gasteiger partial charge is 0.406 e. The van der Waals surface area contributed by atoms with Crippen LogP contribution in [0.5, 0.6) is 0 Å². The molecule has 4 rings (SSSR count). The van der Waals surface area contributed by atoms with Crippen LogP contribution in [0.1, 0.15) is 49.9 Å². The van der Waals surface area contributed by atoms with Gasteiger partial charge in [0, 0.05) is 37.0 Å². The molecule has 38 heavy (non-hydrogen) atoms. The Morgan fingerprint density at radius 3 is 2.58 bits per heavy atom. The number of allylic oxidation sites excluding steroid dienone is 1. The van der Waals surface area contributed by atoms with E-state index in [0.717, 1.165) is 37.1 Å². The van der Waals surface area contributed by atoms with Crippen LogP contribution in [0.15, 0.2) is 48.4 Å². The second-order valence-corrected chi connectivity index (χ2v) is 10.6. The standard InChI is InChI=1S/C28H33F3N6O/c1-27(2,17-32)25-7-6-21(14-35-25)34-15-22-13-23-20(4-3-5-24(23)37(22)18-28(29,30)31)16-36-10-8-19(9-11-36)12-26(33)38/h3-7,14-15,19,34H,8-13,16,18H2,1-2H3,(H2,33,38)/b22-15+. The lowest BCUT2D eigenvalue weighted by Gasteiger charge is -2.32. The normalized spacial score (nSPS) is 17.9. The Kier molecular flexibility index (Phi) is 7.97. The van der Waals surface area contributed by atoms with Crippen LogP contribution in [0.25, 0.3) is 0 Å². The van der Waals surface area contributed by atoms with E-state index in [0.29, 0.717) is 48.1 Å². The lowest BCUT2D eigenvalue weighted by Crippen LogP contribution is -2.34. The Morgan fingerprint density at radius 1 is 1.24 bits per heavy atom. The molecule has 10 heteroatoms. The molecule has 7 nitrogen and oxygen atoms in total. The molecule has 0 saturated carbocycles. The monoisotopic (exact) mass is 526 g/mol. The van der Waals surface area contributed by atoms with Crippen molar-refractivity contribution >= 4 is 17.3 Å².